The first-order valence-electron chi connectivity index (χ1n) is 6.48. The maximum absolute atomic E-state index is 12.1. The predicted octanol–water partition coefficient (Wildman–Crippen LogP) is 2.15. The molecular weight excluding hydrogens is 308 g/mol. The van der Waals surface area contributed by atoms with Gasteiger partial charge in [0.2, 0.25) is 15.9 Å². The number of thiophene rings is 1. The van der Waals surface area contributed by atoms with Crippen LogP contribution in [0.15, 0.2) is 46.0 Å². The lowest BCUT2D eigenvalue weighted by molar-refractivity contribution is -0.116. The zero-order valence-electron chi connectivity index (χ0n) is 11.1. The Bertz CT molecular complexity index is 754. The highest BCUT2D eigenvalue weighted by atomic mass is 32.2. The number of para-hydroxylation sites is 1. The van der Waals surface area contributed by atoms with Gasteiger partial charge in [-0.15, -0.1) is 11.3 Å². The summed E-state index contributed by atoms with van der Waals surface area (Å²) in [6.45, 7) is 0.213. The molecule has 110 valence electrons. The maximum atomic E-state index is 12.1. The van der Waals surface area contributed by atoms with Crippen molar-refractivity contribution in [2.24, 2.45) is 0 Å². The number of nitrogens with one attached hydrogen (secondary N) is 2. The van der Waals surface area contributed by atoms with E-state index < -0.39 is 10.0 Å². The summed E-state index contributed by atoms with van der Waals surface area (Å²) in [6, 6.07) is 10.7. The zero-order valence-corrected chi connectivity index (χ0v) is 12.7. The molecule has 2 aromatic rings. The van der Waals surface area contributed by atoms with Gasteiger partial charge < -0.3 is 5.32 Å². The van der Waals surface area contributed by atoms with Crippen molar-refractivity contribution in [3.63, 3.8) is 0 Å². The third kappa shape index (κ3) is 2.99. The number of anilines is 1. The first-order chi connectivity index (χ1) is 10.1. The lowest BCUT2D eigenvalue weighted by Crippen LogP contribution is -2.32. The van der Waals surface area contributed by atoms with Crippen LogP contribution in [0.1, 0.15) is 17.9 Å². The Morgan fingerprint density at radius 2 is 2.05 bits per heavy atom. The van der Waals surface area contributed by atoms with Crippen LogP contribution >= 0.6 is 11.3 Å². The lowest BCUT2D eigenvalue weighted by Gasteiger charge is -2.25. The number of hydrogen-bond donors (Lipinski definition) is 2. The van der Waals surface area contributed by atoms with Crippen LogP contribution in [0.25, 0.3) is 0 Å². The van der Waals surface area contributed by atoms with Crippen molar-refractivity contribution < 1.29 is 13.2 Å². The fourth-order valence-electron chi connectivity index (χ4n) is 2.38. The summed E-state index contributed by atoms with van der Waals surface area (Å²) in [5.41, 5.74) is 1.72. The molecule has 3 rings (SSSR count). The second-order valence-corrected chi connectivity index (χ2v) is 7.76. The molecule has 1 atom stereocenters. The number of benzene rings is 1. The van der Waals surface area contributed by atoms with E-state index in [4.69, 9.17) is 0 Å². The van der Waals surface area contributed by atoms with Crippen molar-refractivity contribution in [3.8, 4) is 0 Å². The molecule has 5 nitrogen and oxygen atoms in total. The molecule has 2 heterocycles. The van der Waals surface area contributed by atoms with Crippen LogP contribution in [0.4, 0.5) is 5.69 Å². The monoisotopic (exact) mass is 322 g/mol. The van der Waals surface area contributed by atoms with Gasteiger partial charge in [-0.25, -0.2) is 13.1 Å². The molecular formula is C14H14N2O3S2. The van der Waals surface area contributed by atoms with Gasteiger partial charge in [-0.1, -0.05) is 24.3 Å². The molecule has 1 aromatic carbocycles. The Morgan fingerprint density at radius 1 is 1.24 bits per heavy atom. The minimum Gasteiger partial charge on any atom is -0.326 e. The predicted molar refractivity (Wildman–Crippen MR) is 81.9 cm³/mol. The fourth-order valence-corrected chi connectivity index (χ4v) is 4.50. The van der Waals surface area contributed by atoms with Crippen LogP contribution in [0.5, 0.6) is 0 Å². The maximum Gasteiger partial charge on any atom is 0.250 e. The van der Waals surface area contributed by atoms with Crippen LogP contribution in [0.2, 0.25) is 0 Å². The van der Waals surface area contributed by atoms with Gasteiger partial charge in [0.15, 0.2) is 0 Å². The van der Waals surface area contributed by atoms with E-state index in [0.717, 1.165) is 11.3 Å². The van der Waals surface area contributed by atoms with Gasteiger partial charge in [-0.3, -0.25) is 4.79 Å². The third-order valence-electron chi connectivity index (χ3n) is 3.39. The highest BCUT2D eigenvalue weighted by molar-refractivity contribution is 7.91. The highest BCUT2D eigenvalue weighted by Gasteiger charge is 2.26. The second kappa shape index (κ2) is 5.59. The quantitative estimate of drug-likeness (QED) is 0.905. The summed E-state index contributed by atoms with van der Waals surface area (Å²) in [4.78, 5) is 11.7. The van der Waals surface area contributed by atoms with Gasteiger partial charge in [0, 0.05) is 24.6 Å². The molecule has 0 fully saturated rings. The van der Waals surface area contributed by atoms with Crippen molar-refractivity contribution in [3.05, 3.63) is 47.3 Å². The summed E-state index contributed by atoms with van der Waals surface area (Å²) in [6.07, 6.45) is 0.282. The number of sulfonamides is 1. The number of amides is 1. The number of carbonyl (C=O) groups is 1. The van der Waals surface area contributed by atoms with E-state index in [1.165, 1.54) is 11.3 Å². The Balaban J connectivity index is 1.79. The highest BCUT2D eigenvalue weighted by Crippen LogP contribution is 2.31. The Labute approximate surface area is 127 Å². The molecule has 0 bridgehead atoms. The van der Waals surface area contributed by atoms with Crippen LogP contribution in [-0.4, -0.2) is 20.9 Å². The normalized spacial score (nSPS) is 18.1. The number of fused-ring (bicyclic) bond motifs is 1. The lowest BCUT2D eigenvalue weighted by atomic mass is 9.91. The minimum absolute atomic E-state index is 0.0889. The summed E-state index contributed by atoms with van der Waals surface area (Å²) in [7, 11) is -3.50. The summed E-state index contributed by atoms with van der Waals surface area (Å²) >= 11 is 1.17. The van der Waals surface area contributed by atoms with Crippen LogP contribution in [0.3, 0.4) is 0 Å². The SMILES string of the molecule is O=C1C[C@H](CNS(=O)(=O)c2cccs2)c2ccccc2N1. The van der Waals surface area contributed by atoms with Crippen molar-refractivity contribution in [2.75, 3.05) is 11.9 Å². The van der Waals surface area contributed by atoms with E-state index in [2.05, 4.69) is 10.0 Å². The van der Waals surface area contributed by atoms with Crippen LogP contribution in [0, 0.1) is 0 Å². The van der Waals surface area contributed by atoms with Gasteiger partial charge >= 0.3 is 0 Å². The van der Waals surface area contributed by atoms with Crippen molar-refractivity contribution in [1.82, 2.24) is 4.72 Å². The van der Waals surface area contributed by atoms with Gasteiger partial charge in [0.25, 0.3) is 0 Å². The standard InChI is InChI=1S/C14H14N2O3S2/c17-13-8-10(11-4-1-2-5-12(11)16-13)9-15-21(18,19)14-6-3-7-20-14/h1-7,10,15H,8-9H2,(H,16,17)/t10-/m1/s1. The Morgan fingerprint density at radius 3 is 2.81 bits per heavy atom. The Hall–Kier alpha value is -1.70. The topological polar surface area (TPSA) is 75.3 Å². The third-order valence-corrected chi connectivity index (χ3v) is 6.21. The molecule has 0 saturated carbocycles. The smallest absolute Gasteiger partial charge is 0.250 e. The van der Waals surface area contributed by atoms with Crippen LogP contribution < -0.4 is 10.0 Å². The molecule has 21 heavy (non-hydrogen) atoms. The molecule has 1 aliphatic rings. The average Bonchev–Trinajstić information content (AvgIpc) is 2.99. The number of hydrogen-bond acceptors (Lipinski definition) is 4. The molecule has 0 radical (unpaired) electrons. The summed E-state index contributed by atoms with van der Waals surface area (Å²) < 4.78 is 27.1. The second-order valence-electron chi connectivity index (χ2n) is 4.82. The molecule has 0 aliphatic carbocycles. The average molecular weight is 322 g/mol. The largest absolute Gasteiger partial charge is 0.326 e. The fraction of sp³-hybridized carbons (Fsp3) is 0.214. The molecule has 0 unspecified atom stereocenters. The molecule has 0 saturated heterocycles. The van der Waals surface area contributed by atoms with E-state index >= 15 is 0 Å². The molecule has 1 amide bonds. The molecule has 7 heteroatoms. The first kappa shape index (κ1) is 14.2. The molecule has 1 aromatic heterocycles. The molecule has 1 aliphatic heterocycles. The van der Waals surface area contributed by atoms with Crippen molar-refractivity contribution in [2.45, 2.75) is 16.5 Å². The minimum atomic E-state index is -3.50. The van der Waals surface area contributed by atoms with E-state index in [0.29, 0.717) is 0 Å². The van der Waals surface area contributed by atoms with E-state index in [1.807, 2.05) is 24.3 Å². The van der Waals surface area contributed by atoms with Crippen LogP contribution in [-0.2, 0) is 14.8 Å². The number of rotatable bonds is 4. The molecule has 2 N–H and O–H groups in total. The van der Waals surface area contributed by atoms with E-state index in [1.54, 1.807) is 17.5 Å². The van der Waals surface area contributed by atoms with E-state index in [-0.39, 0.29) is 29.0 Å². The molecule has 0 spiro atoms. The number of carbonyl (C=O) groups excluding carboxylic acids is 1. The van der Waals surface area contributed by atoms with Crippen molar-refractivity contribution in [1.29, 1.82) is 0 Å². The van der Waals surface area contributed by atoms with Gasteiger partial charge in [0.05, 0.1) is 0 Å². The van der Waals surface area contributed by atoms with Crippen molar-refractivity contribution >= 4 is 33.0 Å². The van der Waals surface area contributed by atoms with Gasteiger partial charge in [-0.05, 0) is 23.1 Å². The van der Waals surface area contributed by atoms with Gasteiger partial charge in [-0.2, -0.15) is 0 Å². The summed E-state index contributed by atoms with van der Waals surface area (Å²) in [5.74, 6) is -0.237. The van der Waals surface area contributed by atoms with E-state index in [9.17, 15) is 13.2 Å². The Kier molecular flexibility index (Phi) is 3.79. The first-order valence-corrected chi connectivity index (χ1v) is 8.84. The zero-order chi connectivity index (χ0) is 14.9. The van der Waals surface area contributed by atoms with Gasteiger partial charge in [0.1, 0.15) is 4.21 Å². The summed E-state index contributed by atoms with van der Waals surface area (Å²) in [5, 5.41) is 4.52.